The molecule has 10 rings (SSSR count). The summed E-state index contributed by atoms with van der Waals surface area (Å²) in [4.78, 5) is 17.3. The molecule has 0 saturated heterocycles. The van der Waals surface area contributed by atoms with Crippen molar-refractivity contribution in [2.45, 2.75) is 52.4 Å². The number of para-hydroxylation sites is 5. The molecular formula is C54H45N7. The summed E-state index contributed by atoms with van der Waals surface area (Å²) in [6.07, 6.45) is 0. The molecule has 61 heavy (non-hydrogen) atoms. The van der Waals surface area contributed by atoms with Crippen molar-refractivity contribution in [2.24, 2.45) is 0 Å². The molecule has 0 aliphatic heterocycles. The summed E-state index contributed by atoms with van der Waals surface area (Å²) in [7, 11) is 0. The first kappa shape index (κ1) is 37.7. The van der Waals surface area contributed by atoms with Crippen LogP contribution in [0.3, 0.4) is 0 Å². The van der Waals surface area contributed by atoms with Gasteiger partial charge in [0.25, 0.3) is 0 Å². The lowest BCUT2D eigenvalue weighted by Crippen LogP contribution is -2.24. The van der Waals surface area contributed by atoms with Gasteiger partial charge in [0.2, 0.25) is 0 Å². The molecule has 7 nitrogen and oxygen atoms in total. The fourth-order valence-corrected chi connectivity index (χ4v) is 8.57. The maximum absolute atomic E-state index is 11.2. The van der Waals surface area contributed by atoms with E-state index >= 15 is 0 Å². The third-order valence-corrected chi connectivity index (χ3v) is 11.4. The van der Waals surface area contributed by atoms with E-state index in [1.807, 2.05) is 6.07 Å². The van der Waals surface area contributed by atoms with E-state index in [-0.39, 0.29) is 10.8 Å². The molecule has 0 aliphatic carbocycles. The number of fused-ring (bicyclic) bond motifs is 7. The van der Waals surface area contributed by atoms with Crippen LogP contribution < -0.4 is 4.90 Å². The third kappa shape index (κ3) is 6.31. The van der Waals surface area contributed by atoms with Gasteiger partial charge in [-0.05, 0) is 72.8 Å². The van der Waals surface area contributed by atoms with Crippen molar-refractivity contribution in [3.63, 3.8) is 0 Å². The SMILES string of the molecule is CC(C)(C)c1nc(-c2ccc(-n3c4ccccc4c4c3c(N(c3ccccc3)c3ccccc3)cc3c5ccccc5n(-c5ccccc5)c34)c(C#N)c2)nc(C(C)(C)C)n1. The Bertz CT molecular complexity index is 3250. The highest BCUT2D eigenvalue weighted by Gasteiger charge is 2.29. The van der Waals surface area contributed by atoms with Crippen LogP contribution in [0.4, 0.5) is 17.1 Å². The first-order valence-electron chi connectivity index (χ1n) is 20.8. The summed E-state index contributed by atoms with van der Waals surface area (Å²) >= 11 is 0. The van der Waals surface area contributed by atoms with Gasteiger partial charge in [-0.3, -0.25) is 0 Å². The summed E-state index contributed by atoms with van der Waals surface area (Å²) in [5.74, 6) is 2.00. The molecule has 0 amide bonds. The largest absolute Gasteiger partial charge is 0.309 e. The summed E-state index contributed by atoms with van der Waals surface area (Å²) in [6, 6.07) is 60.0. The Kier molecular flexibility index (Phi) is 8.85. The van der Waals surface area contributed by atoms with E-state index in [2.05, 4.69) is 219 Å². The Hall–Kier alpha value is -7.56. The molecule has 0 unspecified atom stereocenters. The Labute approximate surface area is 355 Å². The molecule has 3 heterocycles. The number of nitrogens with zero attached hydrogens (tertiary/aromatic N) is 7. The highest BCUT2D eigenvalue weighted by Crippen LogP contribution is 2.49. The van der Waals surface area contributed by atoms with Gasteiger partial charge in [-0.25, -0.2) is 15.0 Å². The van der Waals surface area contributed by atoms with Crippen LogP contribution in [0.25, 0.3) is 66.4 Å². The molecule has 296 valence electrons. The van der Waals surface area contributed by atoms with E-state index < -0.39 is 0 Å². The normalized spacial score (nSPS) is 12.1. The third-order valence-electron chi connectivity index (χ3n) is 11.4. The second-order valence-corrected chi connectivity index (χ2v) is 17.7. The molecule has 7 aromatic carbocycles. The van der Waals surface area contributed by atoms with Crippen LogP contribution in [-0.4, -0.2) is 24.1 Å². The van der Waals surface area contributed by atoms with Crippen LogP contribution in [0.15, 0.2) is 164 Å². The van der Waals surface area contributed by atoms with Crippen LogP contribution in [0, 0.1) is 11.3 Å². The Morgan fingerprint density at radius 1 is 0.508 bits per heavy atom. The van der Waals surface area contributed by atoms with Crippen LogP contribution in [-0.2, 0) is 10.8 Å². The van der Waals surface area contributed by atoms with E-state index in [9.17, 15) is 5.26 Å². The van der Waals surface area contributed by atoms with Gasteiger partial charge in [0.1, 0.15) is 17.7 Å². The molecule has 0 saturated carbocycles. The average molecular weight is 792 g/mol. The van der Waals surface area contributed by atoms with Crippen molar-refractivity contribution < 1.29 is 0 Å². The fourth-order valence-electron chi connectivity index (χ4n) is 8.57. The zero-order chi connectivity index (χ0) is 42.0. The molecule has 0 aliphatic rings. The topological polar surface area (TPSA) is 75.6 Å². The fraction of sp³-hybridized carbons (Fsp3) is 0.148. The second-order valence-electron chi connectivity index (χ2n) is 17.7. The van der Waals surface area contributed by atoms with Crippen molar-refractivity contribution in [3.8, 4) is 28.8 Å². The number of hydrogen-bond donors (Lipinski definition) is 0. The minimum absolute atomic E-state index is 0.300. The van der Waals surface area contributed by atoms with Crippen LogP contribution in [0.2, 0.25) is 0 Å². The van der Waals surface area contributed by atoms with Gasteiger partial charge in [-0.1, -0.05) is 133 Å². The van der Waals surface area contributed by atoms with E-state index in [1.165, 1.54) is 0 Å². The lowest BCUT2D eigenvalue weighted by molar-refractivity contribution is 0.497. The Morgan fingerprint density at radius 2 is 1.03 bits per heavy atom. The number of anilines is 3. The molecule has 7 heteroatoms. The molecule has 0 N–H and O–H groups in total. The van der Waals surface area contributed by atoms with Crippen molar-refractivity contribution in [1.82, 2.24) is 24.1 Å². The van der Waals surface area contributed by atoms with Crippen molar-refractivity contribution in [2.75, 3.05) is 4.90 Å². The Morgan fingerprint density at radius 3 is 1.61 bits per heavy atom. The number of benzene rings is 7. The predicted molar refractivity (Wildman–Crippen MR) is 251 cm³/mol. The quantitative estimate of drug-likeness (QED) is 0.168. The maximum Gasteiger partial charge on any atom is 0.163 e. The van der Waals surface area contributed by atoms with Gasteiger partial charge < -0.3 is 14.0 Å². The van der Waals surface area contributed by atoms with E-state index in [4.69, 9.17) is 15.0 Å². The molecule has 0 fully saturated rings. The molecule has 0 bridgehead atoms. The monoisotopic (exact) mass is 791 g/mol. The number of rotatable bonds is 6. The van der Waals surface area contributed by atoms with Crippen LogP contribution >= 0.6 is 0 Å². The zero-order valence-electron chi connectivity index (χ0n) is 35.2. The van der Waals surface area contributed by atoms with E-state index in [0.717, 1.165) is 89.3 Å². The molecule has 0 radical (unpaired) electrons. The van der Waals surface area contributed by atoms with Crippen LogP contribution in [0.5, 0.6) is 0 Å². The lowest BCUT2D eigenvalue weighted by Gasteiger charge is -2.27. The molecule has 0 spiro atoms. The predicted octanol–water partition coefficient (Wildman–Crippen LogP) is 13.7. The Balaban J connectivity index is 1.37. The van der Waals surface area contributed by atoms with Gasteiger partial charge >= 0.3 is 0 Å². The minimum atomic E-state index is -0.300. The van der Waals surface area contributed by atoms with E-state index in [1.54, 1.807) is 0 Å². The zero-order valence-corrected chi connectivity index (χ0v) is 35.2. The van der Waals surface area contributed by atoms with Crippen molar-refractivity contribution >= 4 is 60.7 Å². The highest BCUT2D eigenvalue weighted by atomic mass is 15.2. The number of nitriles is 1. The minimum Gasteiger partial charge on any atom is -0.309 e. The summed E-state index contributed by atoms with van der Waals surface area (Å²) in [6.45, 7) is 12.7. The summed E-state index contributed by atoms with van der Waals surface area (Å²) < 4.78 is 4.69. The first-order chi connectivity index (χ1) is 29.5. The second kappa shape index (κ2) is 14.3. The lowest BCUT2D eigenvalue weighted by atomic mass is 9.93. The number of aromatic nitrogens is 5. The van der Waals surface area contributed by atoms with Crippen molar-refractivity contribution in [3.05, 3.63) is 181 Å². The van der Waals surface area contributed by atoms with Gasteiger partial charge in [0, 0.05) is 55.0 Å². The number of hydrogen-bond acceptors (Lipinski definition) is 5. The molecule has 10 aromatic rings. The maximum atomic E-state index is 11.2. The standard InChI is InChI=1S/C54H45N7/c1-53(2,3)51-56-50(57-52(58-51)54(4,5)6)35-30-31-43(36(32-35)34-55)61-45-29-19-17-27-41(45)47-48-42(40-26-16-18-28-44(40)60(48)39-24-14-9-15-25-39)33-46(49(47)61)59(37-20-10-7-11-21-37)38-22-12-8-13-23-38/h7-33H,1-6H3. The molecular weight excluding hydrogens is 747 g/mol. The van der Waals surface area contributed by atoms with Gasteiger partial charge in [0.05, 0.1) is 39.0 Å². The summed E-state index contributed by atoms with van der Waals surface area (Å²) in [5, 5.41) is 15.6. The van der Waals surface area contributed by atoms with Gasteiger partial charge in [0.15, 0.2) is 5.82 Å². The van der Waals surface area contributed by atoms with Gasteiger partial charge in [-0.15, -0.1) is 0 Å². The van der Waals surface area contributed by atoms with Crippen molar-refractivity contribution in [1.29, 1.82) is 5.26 Å². The molecule has 3 aromatic heterocycles. The molecule has 0 atom stereocenters. The van der Waals surface area contributed by atoms with E-state index in [0.29, 0.717) is 11.4 Å². The summed E-state index contributed by atoms with van der Waals surface area (Å²) in [5.41, 5.74) is 9.75. The van der Waals surface area contributed by atoms with Gasteiger partial charge in [-0.2, -0.15) is 5.26 Å². The first-order valence-corrected chi connectivity index (χ1v) is 20.8. The van der Waals surface area contributed by atoms with Crippen LogP contribution in [0.1, 0.15) is 58.8 Å². The smallest absolute Gasteiger partial charge is 0.163 e. The highest BCUT2D eigenvalue weighted by molar-refractivity contribution is 6.29. The average Bonchev–Trinajstić information content (AvgIpc) is 3.80.